The van der Waals surface area contributed by atoms with Crippen LogP contribution in [0.4, 0.5) is 0 Å². The Balaban J connectivity index is 0.000000391. The van der Waals surface area contributed by atoms with E-state index in [0.717, 1.165) is 43.0 Å². The summed E-state index contributed by atoms with van der Waals surface area (Å²) in [5.41, 5.74) is 1.66. The minimum atomic E-state index is -0.115. The number of carbonyl (C=O) groups excluding carboxylic acids is 1. The van der Waals surface area contributed by atoms with E-state index in [4.69, 9.17) is 18.9 Å². The van der Waals surface area contributed by atoms with Gasteiger partial charge >= 0.3 is 0 Å². The molecule has 7 heteroatoms. The summed E-state index contributed by atoms with van der Waals surface area (Å²) in [6, 6.07) is 11.3. The molecule has 0 bridgehead atoms. The van der Waals surface area contributed by atoms with Gasteiger partial charge in [-0.3, -0.25) is 4.79 Å². The highest BCUT2D eigenvalue weighted by Crippen LogP contribution is 2.31. The van der Waals surface area contributed by atoms with Crippen molar-refractivity contribution in [3.05, 3.63) is 47.5 Å². The first kappa shape index (κ1) is 34.1. The van der Waals surface area contributed by atoms with Crippen LogP contribution in [0.2, 0.25) is 0 Å². The van der Waals surface area contributed by atoms with Crippen LogP contribution in [0.1, 0.15) is 94.0 Å². The highest BCUT2D eigenvalue weighted by molar-refractivity contribution is 5.97. The van der Waals surface area contributed by atoms with E-state index in [1.807, 2.05) is 12.1 Å². The number of carbonyl (C=O) groups is 1. The Morgan fingerprint density at radius 3 is 1.74 bits per heavy atom. The van der Waals surface area contributed by atoms with E-state index in [-0.39, 0.29) is 5.91 Å². The van der Waals surface area contributed by atoms with Crippen LogP contribution in [0.15, 0.2) is 36.4 Å². The molecule has 2 rings (SSSR count). The molecule has 220 valence electrons. The van der Waals surface area contributed by atoms with Gasteiger partial charge in [-0.15, -0.1) is 0 Å². The third-order valence-corrected chi connectivity index (χ3v) is 6.47. The van der Waals surface area contributed by atoms with E-state index in [9.17, 15) is 4.79 Å². The molecule has 0 fully saturated rings. The molecule has 0 spiro atoms. The fraction of sp³-hybridized carbons (Fsp3) is 0.594. The summed E-state index contributed by atoms with van der Waals surface area (Å²) in [6.07, 6.45) is 12.4. The normalized spacial score (nSPS) is 10.3. The smallest absolute Gasteiger partial charge is 0.255 e. The maximum Gasteiger partial charge on any atom is 0.255 e. The number of para-hydroxylation sites is 2. The fourth-order valence-corrected chi connectivity index (χ4v) is 4.26. The Kier molecular flexibility index (Phi) is 19.2. The summed E-state index contributed by atoms with van der Waals surface area (Å²) in [6.45, 7) is 7.02. The van der Waals surface area contributed by atoms with E-state index in [2.05, 4.69) is 30.5 Å². The lowest BCUT2D eigenvalue weighted by atomic mass is 10.1. The predicted octanol–water partition coefficient (Wildman–Crippen LogP) is 7.17. The number of hydrogen-bond acceptors (Lipinski definition) is 6. The van der Waals surface area contributed by atoms with Gasteiger partial charge in [0.2, 0.25) is 0 Å². The van der Waals surface area contributed by atoms with Crippen LogP contribution < -0.4 is 29.6 Å². The number of rotatable bonds is 19. The Labute approximate surface area is 237 Å². The van der Waals surface area contributed by atoms with Gasteiger partial charge in [0.1, 0.15) is 0 Å². The van der Waals surface area contributed by atoms with Crippen LogP contribution in [-0.2, 0) is 6.54 Å². The molecule has 2 aromatic rings. The first-order valence-corrected chi connectivity index (χ1v) is 14.5. The molecular formula is C32H52N2O5. The van der Waals surface area contributed by atoms with Gasteiger partial charge in [-0.1, -0.05) is 83.4 Å². The van der Waals surface area contributed by atoms with Gasteiger partial charge in [-0.2, -0.15) is 0 Å². The fourth-order valence-electron chi connectivity index (χ4n) is 4.26. The molecule has 0 aromatic heterocycles. The second-order valence-corrected chi connectivity index (χ2v) is 9.45. The van der Waals surface area contributed by atoms with Crippen LogP contribution in [0.25, 0.3) is 0 Å². The molecule has 0 aliphatic rings. The first-order chi connectivity index (χ1) is 19.1. The van der Waals surface area contributed by atoms with Crippen molar-refractivity contribution in [2.75, 3.05) is 41.5 Å². The summed E-state index contributed by atoms with van der Waals surface area (Å²) in [4.78, 5) is 12.1. The number of amides is 1. The standard InChI is InChI=1S/C16H25NO3.C16H27NO2/c1-4-5-6-7-8-12-17-16(18)13-10-9-11-14(19-2)15(13)20-3;1-4-5-6-7-8-12-17-13-14-10-9-11-15(18-2)16(14)19-3/h9-11H,4-8,12H2,1-3H3,(H,17,18);9-11,17H,4-8,12-13H2,1-3H3. The summed E-state index contributed by atoms with van der Waals surface area (Å²) in [5.74, 6) is 2.58. The third-order valence-electron chi connectivity index (χ3n) is 6.47. The lowest BCUT2D eigenvalue weighted by Crippen LogP contribution is -2.25. The molecular weight excluding hydrogens is 492 g/mol. The highest BCUT2D eigenvalue weighted by Gasteiger charge is 2.15. The lowest BCUT2D eigenvalue weighted by molar-refractivity contribution is 0.0949. The Morgan fingerprint density at radius 1 is 0.641 bits per heavy atom. The van der Waals surface area contributed by atoms with Crippen molar-refractivity contribution in [2.45, 2.75) is 84.6 Å². The van der Waals surface area contributed by atoms with Gasteiger partial charge in [-0.05, 0) is 37.6 Å². The molecule has 0 unspecified atom stereocenters. The summed E-state index contributed by atoms with van der Waals surface area (Å²) in [5, 5.41) is 6.40. The largest absolute Gasteiger partial charge is 0.493 e. The second kappa shape index (κ2) is 21.9. The summed E-state index contributed by atoms with van der Waals surface area (Å²) in [7, 11) is 6.46. The van der Waals surface area contributed by atoms with Crippen molar-refractivity contribution in [3.63, 3.8) is 0 Å². The number of unbranched alkanes of at least 4 members (excludes halogenated alkanes) is 8. The van der Waals surface area contributed by atoms with Gasteiger partial charge < -0.3 is 29.6 Å². The molecule has 39 heavy (non-hydrogen) atoms. The Morgan fingerprint density at radius 2 is 1.18 bits per heavy atom. The van der Waals surface area contributed by atoms with Crippen molar-refractivity contribution >= 4 is 5.91 Å². The molecule has 0 radical (unpaired) electrons. The van der Waals surface area contributed by atoms with Gasteiger partial charge in [-0.25, -0.2) is 0 Å². The zero-order chi connectivity index (χ0) is 28.7. The zero-order valence-electron chi connectivity index (χ0n) is 25.2. The van der Waals surface area contributed by atoms with Gasteiger partial charge in [0.25, 0.3) is 5.91 Å². The number of hydrogen-bond donors (Lipinski definition) is 2. The molecule has 0 aliphatic heterocycles. The SMILES string of the molecule is CCCCCCCNC(=O)c1cccc(OC)c1OC.CCCCCCCNCc1cccc(OC)c1OC. The molecule has 0 saturated heterocycles. The van der Waals surface area contributed by atoms with E-state index >= 15 is 0 Å². The molecule has 1 amide bonds. The maximum absolute atomic E-state index is 12.1. The summed E-state index contributed by atoms with van der Waals surface area (Å²) < 4.78 is 21.2. The van der Waals surface area contributed by atoms with Crippen molar-refractivity contribution in [1.29, 1.82) is 0 Å². The number of benzene rings is 2. The minimum absolute atomic E-state index is 0.115. The average molecular weight is 545 g/mol. The Hall–Kier alpha value is -2.93. The monoisotopic (exact) mass is 544 g/mol. The third kappa shape index (κ3) is 13.1. The van der Waals surface area contributed by atoms with Gasteiger partial charge in [0, 0.05) is 18.7 Å². The van der Waals surface area contributed by atoms with Crippen LogP contribution in [0.3, 0.4) is 0 Å². The zero-order valence-corrected chi connectivity index (χ0v) is 25.2. The van der Waals surface area contributed by atoms with E-state index < -0.39 is 0 Å². The van der Waals surface area contributed by atoms with Crippen molar-refractivity contribution in [3.8, 4) is 23.0 Å². The van der Waals surface area contributed by atoms with E-state index in [1.54, 1.807) is 46.6 Å². The molecule has 2 N–H and O–H groups in total. The molecule has 0 atom stereocenters. The lowest BCUT2D eigenvalue weighted by Gasteiger charge is -2.13. The first-order valence-electron chi connectivity index (χ1n) is 14.5. The number of ether oxygens (including phenoxy) is 4. The van der Waals surface area contributed by atoms with Crippen molar-refractivity contribution in [2.24, 2.45) is 0 Å². The molecule has 7 nitrogen and oxygen atoms in total. The topological polar surface area (TPSA) is 78.1 Å². The molecule has 0 aliphatic carbocycles. The maximum atomic E-state index is 12.1. The van der Waals surface area contributed by atoms with Crippen LogP contribution >= 0.6 is 0 Å². The van der Waals surface area contributed by atoms with Crippen LogP contribution in [-0.4, -0.2) is 47.4 Å². The van der Waals surface area contributed by atoms with Crippen molar-refractivity contribution in [1.82, 2.24) is 10.6 Å². The van der Waals surface area contributed by atoms with E-state index in [1.165, 1.54) is 51.4 Å². The van der Waals surface area contributed by atoms with E-state index in [0.29, 0.717) is 23.6 Å². The van der Waals surface area contributed by atoms with Gasteiger partial charge in [0.15, 0.2) is 23.0 Å². The molecule has 0 heterocycles. The minimum Gasteiger partial charge on any atom is -0.493 e. The quantitative estimate of drug-likeness (QED) is 0.183. The highest BCUT2D eigenvalue weighted by atomic mass is 16.5. The predicted molar refractivity (Wildman–Crippen MR) is 161 cm³/mol. The average Bonchev–Trinajstić information content (AvgIpc) is 2.97. The molecule has 2 aromatic carbocycles. The molecule has 0 saturated carbocycles. The van der Waals surface area contributed by atoms with Gasteiger partial charge in [0.05, 0.1) is 34.0 Å². The van der Waals surface area contributed by atoms with Crippen LogP contribution in [0, 0.1) is 0 Å². The number of nitrogens with one attached hydrogen (secondary N) is 2. The van der Waals surface area contributed by atoms with Crippen LogP contribution in [0.5, 0.6) is 23.0 Å². The number of methoxy groups -OCH3 is 4. The van der Waals surface area contributed by atoms with Crippen molar-refractivity contribution < 1.29 is 23.7 Å². The summed E-state index contributed by atoms with van der Waals surface area (Å²) >= 11 is 0. The second-order valence-electron chi connectivity index (χ2n) is 9.45. The Bertz CT molecular complexity index is 919.